The maximum atomic E-state index is 13.0. The Bertz CT molecular complexity index is 890. The predicted octanol–water partition coefficient (Wildman–Crippen LogP) is 2.53. The maximum Gasteiger partial charge on any atom is 0.423 e. The summed E-state index contributed by atoms with van der Waals surface area (Å²) in [6.07, 6.45) is -4.95. The SMILES string of the molecule is Cc1c(C(=O)O)nc2n1-c1cc([N+](=O)[O-])c(C(F)(F)F)cc1NO2. The molecule has 0 bridgehead atoms. The Morgan fingerprint density at radius 2 is 2.12 bits per heavy atom. The van der Waals surface area contributed by atoms with E-state index in [1.54, 1.807) is 0 Å². The molecule has 1 aliphatic heterocycles. The Labute approximate surface area is 130 Å². The van der Waals surface area contributed by atoms with E-state index >= 15 is 0 Å². The molecule has 0 radical (unpaired) electrons. The molecular formula is C12H7F3N4O5. The van der Waals surface area contributed by atoms with Crippen LogP contribution in [0.1, 0.15) is 21.7 Å². The average molecular weight is 344 g/mol. The first-order chi connectivity index (χ1) is 11.1. The normalized spacial score (nSPS) is 12.7. The number of aromatic nitrogens is 2. The van der Waals surface area contributed by atoms with Crippen LogP contribution in [-0.2, 0) is 6.18 Å². The molecule has 1 aliphatic rings. The van der Waals surface area contributed by atoms with Crippen molar-refractivity contribution in [2.75, 3.05) is 5.48 Å². The number of rotatable bonds is 2. The Morgan fingerprint density at radius 1 is 1.46 bits per heavy atom. The van der Waals surface area contributed by atoms with Crippen LogP contribution in [0, 0.1) is 17.0 Å². The lowest BCUT2D eigenvalue weighted by atomic mass is 10.1. The molecule has 0 aliphatic carbocycles. The van der Waals surface area contributed by atoms with Gasteiger partial charge in [-0.3, -0.25) is 14.7 Å². The van der Waals surface area contributed by atoms with Gasteiger partial charge < -0.3 is 9.94 Å². The van der Waals surface area contributed by atoms with E-state index in [2.05, 4.69) is 10.5 Å². The summed E-state index contributed by atoms with van der Waals surface area (Å²) in [4.78, 5) is 29.6. The van der Waals surface area contributed by atoms with E-state index in [9.17, 15) is 28.1 Å². The number of nitro groups is 1. The molecular weight excluding hydrogens is 337 g/mol. The fourth-order valence-electron chi connectivity index (χ4n) is 2.35. The number of aromatic carboxylic acids is 1. The molecule has 126 valence electrons. The molecule has 1 aromatic heterocycles. The maximum absolute atomic E-state index is 13.0. The van der Waals surface area contributed by atoms with Gasteiger partial charge in [-0.25, -0.2) is 10.3 Å². The quantitative estimate of drug-likeness (QED) is 0.634. The Morgan fingerprint density at radius 3 is 2.67 bits per heavy atom. The van der Waals surface area contributed by atoms with Gasteiger partial charge in [-0.1, -0.05) is 0 Å². The van der Waals surface area contributed by atoms with Gasteiger partial charge in [0.1, 0.15) is 5.56 Å². The number of anilines is 1. The number of alkyl halides is 3. The fraction of sp³-hybridized carbons (Fsp3) is 0.167. The van der Waals surface area contributed by atoms with E-state index in [4.69, 9.17) is 9.94 Å². The summed E-state index contributed by atoms with van der Waals surface area (Å²) >= 11 is 0. The zero-order valence-corrected chi connectivity index (χ0v) is 11.7. The minimum absolute atomic E-state index is 0.0503. The van der Waals surface area contributed by atoms with Crippen LogP contribution in [0.2, 0.25) is 0 Å². The van der Waals surface area contributed by atoms with Crippen molar-refractivity contribution in [1.29, 1.82) is 0 Å². The molecule has 0 amide bonds. The van der Waals surface area contributed by atoms with Crippen LogP contribution in [-0.4, -0.2) is 25.6 Å². The number of hydrogen-bond donors (Lipinski definition) is 2. The average Bonchev–Trinajstić information content (AvgIpc) is 2.82. The zero-order valence-electron chi connectivity index (χ0n) is 11.7. The molecule has 0 saturated heterocycles. The van der Waals surface area contributed by atoms with E-state index in [0.29, 0.717) is 12.1 Å². The Kier molecular flexibility index (Phi) is 3.14. The van der Waals surface area contributed by atoms with Crippen molar-refractivity contribution >= 4 is 17.3 Å². The highest BCUT2D eigenvalue weighted by Crippen LogP contribution is 2.42. The third-order valence-corrected chi connectivity index (χ3v) is 3.39. The zero-order chi connectivity index (χ0) is 17.8. The van der Waals surface area contributed by atoms with Crippen LogP contribution < -0.4 is 10.3 Å². The molecule has 0 fully saturated rings. The van der Waals surface area contributed by atoms with Gasteiger partial charge in [0, 0.05) is 6.07 Å². The van der Waals surface area contributed by atoms with E-state index in [-0.39, 0.29) is 28.8 Å². The van der Waals surface area contributed by atoms with Crippen molar-refractivity contribution < 1.29 is 32.8 Å². The van der Waals surface area contributed by atoms with Crippen molar-refractivity contribution in [3.8, 4) is 11.7 Å². The number of hydrogen-bond acceptors (Lipinski definition) is 6. The number of benzene rings is 1. The molecule has 0 unspecified atom stereocenters. The first-order valence-corrected chi connectivity index (χ1v) is 6.26. The van der Waals surface area contributed by atoms with Crippen molar-refractivity contribution in [1.82, 2.24) is 9.55 Å². The molecule has 2 N–H and O–H groups in total. The minimum Gasteiger partial charge on any atom is -0.476 e. The predicted molar refractivity (Wildman–Crippen MR) is 71.2 cm³/mol. The minimum atomic E-state index is -4.95. The monoisotopic (exact) mass is 344 g/mol. The van der Waals surface area contributed by atoms with Crippen molar-refractivity contribution in [2.24, 2.45) is 0 Å². The molecule has 0 atom stereocenters. The van der Waals surface area contributed by atoms with Gasteiger partial charge >= 0.3 is 18.2 Å². The van der Waals surface area contributed by atoms with Gasteiger partial charge in [-0.2, -0.15) is 18.2 Å². The van der Waals surface area contributed by atoms with Crippen LogP contribution >= 0.6 is 0 Å². The Hall–Kier alpha value is -3.31. The summed E-state index contributed by atoms with van der Waals surface area (Å²) in [6.45, 7) is 1.35. The second-order valence-electron chi connectivity index (χ2n) is 4.81. The molecule has 2 aromatic rings. The largest absolute Gasteiger partial charge is 0.476 e. The summed E-state index contributed by atoms with van der Waals surface area (Å²) in [6, 6.07) is 0.958. The molecule has 9 nitrogen and oxygen atoms in total. The van der Waals surface area contributed by atoms with E-state index in [0.717, 1.165) is 4.57 Å². The van der Waals surface area contributed by atoms with Gasteiger partial charge in [-0.05, 0) is 13.0 Å². The summed E-state index contributed by atoms with van der Waals surface area (Å²) < 4.78 is 40.1. The highest BCUT2D eigenvalue weighted by atomic mass is 19.4. The summed E-state index contributed by atoms with van der Waals surface area (Å²) in [5.74, 6) is -1.37. The van der Waals surface area contributed by atoms with Crippen molar-refractivity contribution in [3.63, 3.8) is 0 Å². The second kappa shape index (κ2) is 4.84. The molecule has 1 aromatic carbocycles. The molecule has 12 heteroatoms. The topological polar surface area (TPSA) is 120 Å². The van der Waals surface area contributed by atoms with Crippen LogP contribution in [0.4, 0.5) is 24.5 Å². The molecule has 3 rings (SSSR count). The number of carboxylic acid groups (broad SMARTS) is 1. The number of halogens is 3. The lowest BCUT2D eigenvalue weighted by Gasteiger charge is -2.21. The number of fused-ring (bicyclic) bond motifs is 3. The first kappa shape index (κ1) is 15.6. The van der Waals surface area contributed by atoms with Crippen LogP contribution in [0.15, 0.2) is 12.1 Å². The van der Waals surface area contributed by atoms with Crippen LogP contribution in [0.5, 0.6) is 6.01 Å². The first-order valence-electron chi connectivity index (χ1n) is 6.26. The smallest absolute Gasteiger partial charge is 0.423 e. The van der Waals surface area contributed by atoms with Crippen LogP contribution in [0.25, 0.3) is 5.69 Å². The number of carbonyl (C=O) groups is 1. The second-order valence-corrected chi connectivity index (χ2v) is 4.81. The van der Waals surface area contributed by atoms with Crippen molar-refractivity contribution in [3.05, 3.63) is 39.2 Å². The number of carboxylic acids is 1. The molecule has 2 heterocycles. The number of imidazole rings is 1. The van der Waals surface area contributed by atoms with Gasteiger partial charge in [-0.15, -0.1) is 0 Å². The fourth-order valence-corrected chi connectivity index (χ4v) is 2.35. The number of nitrogens with one attached hydrogen (secondary N) is 1. The molecule has 0 saturated carbocycles. The van der Waals surface area contributed by atoms with Gasteiger partial charge in [0.15, 0.2) is 5.69 Å². The third kappa shape index (κ3) is 2.19. The third-order valence-electron chi connectivity index (χ3n) is 3.39. The van der Waals surface area contributed by atoms with Gasteiger partial charge in [0.05, 0.1) is 22.0 Å². The van der Waals surface area contributed by atoms with E-state index in [1.165, 1.54) is 6.92 Å². The highest BCUT2D eigenvalue weighted by molar-refractivity contribution is 5.87. The lowest BCUT2D eigenvalue weighted by Crippen LogP contribution is -2.20. The summed E-state index contributed by atoms with van der Waals surface area (Å²) in [5.41, 5.74) is -1.07. The highest BCUT2D eigenvalue weighted by Gasteiger charge is 2.40. The van der Waals surface area contributed by atoms with Crippen LogP contribution in [0.3, 0.4) is 0 Å². The van der Waals surface area contributed by atoms with E-state index < -0.39 is 28.3 Å². The van der Waals surface area contributed by atoms with E-state index in [1.807, 2.05) is 0 Å². The number of nitrogens with zero attached hydrogens (tertiary/aromatic N) is 3. The number of nitro benzene ring substituents is 1. The molecule has 24 heavy (non-hydrogen) atoms. The summed E-state index contributed by atoms with van der Waals surface area (Å²) in [7, 11) is 0. The standard InChI is InChI=1S/C12H7F3N4O5/c1-4-9(10(20)21)16-11-18(4)8-3-7(19(22)23)5(12(13,14)15)2-6(8)17-24-11/h2-3,17H,1H3,(H,20,21). The van der Waals surface area contributed by atoms with Gasteiger partial charge in [0.25, 0.3) is 5.69 Å². The summed E-state index contributed by atoms with van der Waals surface area (Å²) in [5, 5.41) is 20.0. The van der Waals surface area contributed by atoms with Crippen molar-refractivity contribution in [2.45, 2.75) is 13.1 Å². The Balaban J connectivity index is 2.30. The van der Waals surface area contributed by atoms with Gasteiger partial charge in [0.2, 0.25) is 0 Å². The molecule has 0 spiro atoms. The lowest BCUT2D eigenvalue weighted by molar-refractivity contribution is -0.388.